The van der Waals surface area contributed by atoms with Gasteiger partial charge in [0.2, 0.25) is 5.91 Å². The summed E-state index contributed by atoms with van der Waals surface area (Å²) >= 11 is 0. The van der Waals surface area contributed by atoms with Crippen LogP contribution < -0.4 is 10.5 Å². The molecule has 0 aliphatic rings. The van der Waals surface area contributed by atoms with Gasteiger partial charge in [0.15, 0.2) is 0 Å². The van der Waals surface area contributed by atoms with E-state index in [-0.39, 0.29) is 11.8 Å². The molecule has 2 N–H and O–H groups in total. The second-order valence-electron chi connectivity index (χ2n) is 6.36. The maximum atomic E-state index is 11.9. The van der Waals surface area contributed by atoms with Gasteiger partial charge in [0.1, 0.15) is 17.6 Å². The lowest BCUT2D eigenvalue weighted by Crippen LogP contribution is -2.30. The minimum Gasteiger partial charge on any atom is -0.496 e. The molecule has 0 fully saturated rings. The highest BCUT2D eigenvalue weighted by molar-refractivity contribution is 5.80. The Kier molecular flexibility index (Phi) is 5.08. The number of carbonyl (C=O) groups excluding carboxylic acids is 1. The minimum absolute atomic E-state index is 0.0692. The van der Waals surface area contributed by atoms with Crippen LogP contribution in [0.15, 0.2) is 30.6 Å². The van der Waals surface area contributed by atoms with Gasteiger partial charge in [-0.25, -0.2) is 4.98 Å². The van der Waals surface area contributed by atoms with Gasteiger partial charge in [0, 0.05) is 12.4 Å². The summed E-state index contributed by atoms with van der Waals surface area (Å²) in [5.74, 6) is 1.52. The predicted molar refractivity (Wildman–Crippen MR) is 91.4 cm³/mol. The number of benzene rings is 1. The zero-order valence-corrected chi connectivity index (χ0v) is 14.4. The highest BCUT2D eigenvalue weighted by Crippen LogP contribution is 2.34. The molecular formula is C18H25N3O2. The third-order valence-electron chi connectivity index (χ3n) is 4.02. The maximum absolute atomic E-state index is 11.9. The van der Waals surface area contributed by atoms with E-state index in [1.165, 1.54) is 5.56 Å². The standard InChI is InChI=1S/C18H25N3O2/c1-11(2)13-6-7-15(23-5)14(10-13)18-20-8-9-21(18)16(12(3)4)17(19)22/h6-12,16H,1-5H3,(H2,19,22)/t16-/m0/s1. The van der Waals surface area contributed by atoms with Crippen LogP contribution >= 0.6 is 0 Å². The number of amides is 1. The quantitative estimate of drug-likeness (QED) is 0.888. The van der Waals surface area contributed by atoms with E-state index in [2.05, 4.69) is 24.9 Å². The molecule has 0 spiro atoms. The molecule has 1 atom stereocenters. The van der Waals surface area contributed by atoms with E-state index in [0.29, 0.717) is 11.7 Å². The Labute approximate surface area is 137 Å². The number of nitrogens with two attached hydrogens (primary N) is 1. The van der Waals surface area contributed by atoms with Crippen LogP contribution in [0.25, 0.3) is 11.4 Å². The Bertz CT molecular complexity index is 689. The monoisotopic (exact) mass is 315 g/mol. The predicted octanol–water partition coefficient (Wildman–Crippen LogP) is 3.36. The van der Waals surface area contributed by atoms with Gasteiger partial charge in [-0.15, -0.1) is 0 Å². The number of ether oxygens (including phenoxy) is 1. The molecule has 1 amide bonds. The highest BCUT2D eigenvalue weighted by atomic mass is 16.5. The smallest absolute Gasteiger partial charge is 0.240 e. The van der Waals surface area contributed by atoms with Crippen molar-refractivity contribution < 1.29 is 9.53 Å². The second kappa shape index (κ2) is 6.86. The normalized spacial score (nSPS) is 12.7. The molecule has 0 aliphatic heterocycles. The molecule has 0 saturated carbocycles. The van der Waals surface area contributed by atoms with Crippen molar-refractivity contribution >= 4 is 5.91 Å². The van der Waals surface area contributed by atoms with E-state index >= 15 is 0 Å². The fraction of sp³-hybridized carbons (Fsp3) is 0.444. The van der Waals surface area contributed by atoms with E-state index in [1.807, 2.05) is 30.5 Å². The Morgan fingerprint density at radius 1 is 1.26 bits per heavy atom. The number of aromatic nitrogens is 2. The summed E-state index contributed by atoms with van der Waals surface area (Å²) < 4.78 is 7.33. The first kappa shape index (κ1) is 17.1. The lowest BCUT2D eigenvalue weighted by molar-refractivity contribution is -0.122. The molecule has 5 heteroatoms. The van der Waals surface area contributed by atoms with Crippen molar-refractivity contribution in [2.75, 3.05) is 7.11 Å². The first-order chi connectivity index (χ1) is 10.9. The molecule has 0 unspecified atom stereocenters. The number of primary amides is 1. The molecule has 0 bridgehead atoms. The van der Waals surface area contributed by atoms with Gasteiger partial charge in [0.25, 0.3) is 0 Å². The summed E-state index contributed by atoms with van der Waals surface area (Å²) in [5.41, 5.74) is 7.67. The Morgan fingerprint density at radius 3 is 2.48 bits per heavy atom. The van der Waals surface area contributed by atoms with Gasteiger partial charge < -0.3 is 15.0 Å². The van der Waals surface area contributed by atoms with Crippen LogP contribution in [0.4, 0.5) is 0 Å². The van der Waals surface area contributed by atoms with Crippen molar-refractivity contribution in [3.05, 3.63) is 36.2 Å². The molecule has 1 aromatic carbocycles. The van der Waals surface area contributed by atoms with E-state index in [1.54, 1.807) is 19.5 Å². The first-order valence-electron chi connectivity index (χ1n) is 7.87. The third kappa shape index (κ3) is 3.38. The highest BCUT2D eigenvalue weighted by Gasteiger charge is 2.25. The van der Waals surface area contributed by atoms with Crippen LogP contribution in [0.3, 0.4) is 0 Å². The number of hydrogen-bond donors (Lipinski definition) is 1. The number of methoxy groups -OCH3 is 1. The summed E-state index contributed by atoms with van der Waals surface area (Å²) in [6.07, 6.45) is 3.49. The van der Waals surface area contributed by atoms with Crippen LogP contribution in [0.2, 0.25) is 0 Å². The number of rotatable bonds is 6. The molecule has 23 heavy (non-hydrogen) atoms. The molecule has 0 saturated heterocycles. The second-order valence-corrected chi connectivity index (χ2v) is 6.36. The SMILES string of the molecule is COc1ccc(C(C)C)cc1-c1nccn1[C@H](C(N)=O)C(C)C. The molecule has 1 aromatic heterocycles. The first-order valence-corrected chi connectivity index (χ1v) is 7.87. The van der Waals surface area contributed by atoms with E-state index in [9.17, 15) is 4.79 Å². The fourth-order valence-corrected chi connectivity index (χ4v) is 2.79. The fourth-order valence-electron chi connectivity index (χ4n) is 2.79. The lowest BCUT2D eigenvalue weighted by atomic mass is 9.99. The molecule has 5 nitrogen and oxygen atoms in total. The molecule has 2 aromatic rings. The van der Waals surface area contributed by atoms with Crippen molar-refractivity contribution in [3.63, 3.8) is 0 Å². The van der Waals surface area contributed by atoms with Crippen molar-refractivity contribution in [1.29, 1.82) is 0 Å². The van der Waals surface area contributed by atoms with Crippen molar-refractivity contribution in [1.82, 2.24) is 9.55 Å². The molecular weight excluding hydrogens is 290 g/mol. The summed E-state index contributed by atoms with van der Waals surface area (Å²) in [7, 11) is 1.63. The average molecular weight is 315 g/mol. The van der Waals surface area contributed by atoms with Gasteiger partial charge in [-0.05, 0) is 29.5 Å². The van der Waals surface area contributed by atoms with Crippen LogP contribution in [-0.4, -0.2) is 22.6 Å². The van der Waals surface area contributed by atoms with E-state index in [0.717, 1.165) is 11.3 Å². The lowest BCUT2D eigenvalue weighted by Gasteiger charge is -2.22. The van der Waals surface area contributed by atoms with Crippen LogP contribution in [0.1, 0.15) is 45.2 Å². The minimum atomic E-state index is -0.445. The van der Waals surface area contributed by atoms with Crippen LogP contribution in [-0.2, 0) is 4.79 Å². The summed E-state index contributed by atoms with van der Waals surface area (Å²) in [4.78, 5) is 16.4. The molecule has 0 radical (unpaired) electrons. The van der Waals surface area contributed by atoms with Gasteiger partial charge in [-0.2, -0.15) is 0 Å². The molecule has 0 aliphatic carbocycles. The molecule has 2 rings (SSSR count). The average Bonchev–Trinajstić information content (AvgIpc) is 2.94. The number of nitrogens with zero attached hydrogens (tertiary/aromatic N) is 2. The summed E-state index contributed by atoms with van der Waals surface area (Å²) in [6, 6.07) is 5.62. The largest absolute Gasteiger partial charge is 0.496 e. The number of imidazole rings is 1. The third-order valence-corrected chi connectivity index (χ3v) is 4.02. The van der Waals surface area contributed by atoms with Gasteiger partial charge in [0.05, 0.1) is 12.7 Å². The molecule has 124 valence electrons. The zero-order valence-electron chi connectivity index (χ0n) is 14.4. The van der Waals surface area contributed by atoms with Crippen LogP contribution in [0, 0.1) is 5.92 Å². The van der Waals surface area contributed by atoms with E-state index in [4.69, 9.17) is 10.5 Å². The Balaban J connectivity index is 2.62. The maximum Gasteiger partial charge on any atom is 0.240 e. The Hall–Kier alpha value is -2.30. The summed E-state index contributed by atoms with van der Waals surface area (Å²) in [6.45, 7) is 8.22. The van der Waals surface area contributed by atoms with Gasteiger partial charge in [-0.1, -0.05) is 33.8 Å². The van der Waals surface area contributed by atoms with Crippen molar-refractivity contribution in [3.8, 4) is 17.1 Å². The topological polar surface area (TPSA) is 70.1 Å². The molecule has 1 heterocycles. The van der Waals surface area contributed by atoms with Crippen molar-refractivity contribution in [2.45, 2.75) is 39.7 Å². The summed E-state index contributed by atoms with van der Waals surface area (Å²) in [5, 5.41) is 0. The van der Waals surface area contributed by atoms with Gasteiger partial charge in [-0.3, -0.25) is 4.79 Å². The zero-order chi connectivity index (χ0) is 17.1. The van der Waals surface area contributed by atoms with E-state index < -0.39 is 6.04 Å². The van der Waals surface area contributed by atoms with Gasteiger partial charge >= 0.3 is 0 Å². The van der Waals surface area contributed by atoms with Crippen molar-refractivity contribution in [2.24, 2.45) is 11.7 Å². The van der Waals surface area contributed by atoms with Crippen LogP contribution in [0.5, 0.6) is 5.75 Å². The number of carbonyl (C=O) groups is 1. The Morgan fingerprint density at radius 2 is 1.96 bits per heavy atom. The number of hydrogen-bond acceptors (Lipinski definition) is 3.